The number of nitrogens with zero attached hydrogens (tertiary/aromatic N) is 2. The summed E-state index contributed by atoms with van der Waals surface area (Å²) in [6.45, 7) is -0.115. The Morgan fingerprint density at radius 3 is 2.62 bits per heavy atom. The van der Waals surface area contributed by atoms with Crippen LogP contribution in [0.2, 0.25) is 0 Å². The first-order chi connectivity index (χ1) is 10.2. The van der Waals surface area contributed by atoms with Crippen molar-refractivity contribution < 1.29 is 19.4 Å². The number of hydrogen-bond donors (Lipinski definition) is 2. The second kappa shape index (κ2) is 6.67. The second-order valence-corrected chi connectivity index (χ2v) is 4.08. The Morgan fingerprint density at radius 2 is 2.05 bits per heavy atom. The molecule has 0 aliphatic carbocycles. The number of rotatable bonds is 6. The molecule has 1 aromatic heterocycles. The smallest absolute Gasteiger partial charge is 0.286 e. The number of primary amides is 1. The number of benzene rings is 1. The Morgan fingerprint density at radius 1 is 1.33 bits per heavy atom. The van der Waals surface area contributed by atoms with E-state index in [0.717, 1.165) is 5.56 Å². The van der Waals surface area contributed by atoms with Gasteiger partial charge in [-0.3, -0.25) is 4.79 Å². The number of amides is 1. The molecule has 0 atom stereocenters. The van der Waals surface area contributed by atoms with Gasteiger partial charge in [-0.25, -0.2) is 4.98 Å². The zero-order valence-corrected chi connectivity index (χ0v) is 11.4. The van der Waals surface area contributed by atoms with E-state index in [9.17, 15) is 4.79 Å². The molecule has 0 unspecified atom stereocenters. The number of aliphatic hydroxyl groups is 1. The Bertz CT molecular complexity index is 629. The fourth-order valence-electron chi connectivity index (χ4n) is 1.71. The third-order valence-electron chi connectivity index (χ3n) is 2.71. The van der Waals surface area contributed by atoms with E-state index >= 15 is 0 Å². The Balaban J connectivity index is 2.42. The Labute approximate surface area is 121 Å². The normalized spacial score (nSPS) is 10.2. The summed E-state index contributed by atoms with van der Waals surface area (Å²) in [4.78, 5) is 19.0. The summed E-state index contributed by atoms with van der Waals surface area (Å²) < 4.78 is 10.4. The Kier molecular flexibility index (Phi) is 4.68. The number of nitrogens with two attached hydrogens (primary N) is 1. The minimum absolute atomic E-state index is 0.0539. The van der Waals surface area contributed by atoms with Gasteiger partial charge in [0, 0.05) is 6.20 Å². The molecule has 0 radical (unpaired) electrons. The fraction of sp³-hybridized carbons (Fsp3) is 0.214. The summed E-state index contributed by atoms with van der Waals surface area (Å²) in [7, 11) is 1.58. The van der Waals surface area contributed by atoms with Crippen LogP contribution in [0.15, 0.2) is 30.5 Å². The molecule has 7 heteroatoms. The van der Waals surface area contributed by atoms with Crippen LogP contribution in [0.4, 0.5) is 0 Å². The van der Waals surface area contributed by atoms with Crippen LogP contribution in [-0.2, 0) is 0 Å². The van der Waals surface area contributed by atoms with Crippen molar-refractivity contribution in [2.75, 3.05) is 20.3 Å². The summed E-state index contributed by atoms with van der Waals surface area (Å²) in [6, 6.07) is 7.20. The molecule has 1 heterocycles. The van der Waals surface area contributed by atoms with Gasteiger partial charge in [0.1, 0.15) is 12.4 Å². The number of ether oxygens (including phenoxy) is 2. The van der Waals surface area contributed by atoms with Crippen LogP contribution >= 0.6 is 0 Å². The van der Waals surface area contributed by atoms with Crippen molar-refractivity contribution in [3.63, 3.8) is 0 Å². The highest BCUT2D eigenvalue weighted by Crippen LogP contribution is 2.29. The first-order valence-electron chi connectivity index (χ1n) is 6.20. The molecule has 0 aliphatic heterocycles. The van der Waals surface area contributed by atoms with E-state index in [4.69, 9.17) is 20.3 Å². The number of methoxy groups -OCH3 is 1. The first kappa shape index (κ1) is 14.7. The summed E-state index contributed by atoms with van der Waals surface area (Å²) in [6.07, 6.45) is 1.46. The monoisotopic (exact) mass is 289 g/mol. The maximum absolute atomic E-state index is 11.1. The lowest BCUT2D eigenvalue weighted by atomic mass is 10.1. The van der Waals surface area contributed by atoms with E-state index < -0.39 is 5.91 Å². The van der Waals surface area contributed by atoms with Gasteiger partial charge in [0.05, 0.1) is 19.3 Å². The van der Waals surface area contributed by atoms with Crippen LogP contribution in [0.3, 0.4) is 0 Å². The third kappa shape index (κ3) is 3.46. The SMILES string of the molecule is COc1ccc(-c2cnc(C(N)=O)nc2OCCO)cc1. The van der Waals surface area contributed by atoms with E-state index in [1.807, 2.05) is 12.1 Å². The van der Waals surface area contributed by atoms with Crippen molar-refractivity contribution in [2.24, 2.45) is 5.73 Å². The third-order valence-corrected chi connectivity index (χ3v) is 2.71. The largest absolute Gasteiger partial charge is 0.497 e. The lowest BCUT2D eigenvalue weighted by molar-refractivity contribution is 0.0989. The number of aliphatic hydroxyl groups excluding tert-OH is 1. The van der Waals surface area contributed by atoms with Crippen molar-refractivity contribution in [2.45, 2.75) is 0 Å². The first-order valence-corrected chi connectivity index (χ1v) is 6.20. The summed E-state index contributed by atoms with van der Waals surface area (Å²) in [5, 5.41) is 8.86. The molecule has 0 fully saturated rings. The summed E-state index contributed by atoms with van der Waals surface area (Å²) in [5.74, 6) is 0.0228. The van der Waals surface area contributed by atoms with Crippen LogP contribution in [0.1, 0.15) is 10.6 Å². The summed E-state index contributed by atoms with van der Waals surface area (Å²) in [5.41, 5.74) is 6.54. The molecule has 110 valence electrons. The van der Waals surface area contributed by atoms with E-state index in [2.05, 4.69) is 9.97 Å². The molecular weight excluding hydrogens is 274 g/mol. The van der Waals surface area contributed by atoms with E-state index in [-0.39, 0.29) is 24.9 Å². The van der Waals surface area contributed by atoms with Crippen LogP contribution in [0, 0.1) is 0 Å². The maximum Gasteiger partial charge on any atom is 0.286 e. The molecule has 0 aliphatic rings. The molecule has 21 heavy (non-hydrogen) atoms. The predicted molar refractivity (Wildman–Crippen MR) is 75.1 cm³/mol. The molecule has 0 spiro atoms. The standard InChI is InChI=1S/C14H15N3O4/c1-20-10-4-2-9(3-5-10)11-8-16-13(12(15)19)17-14(11)21-7-6-18/h2-5,8,18H,6-7H2,1H3,(H2,15,19). The van der Waals surface area contributed by atoms with Crippen molar-refractivity contribution in [1.29, 1.82) is 0 Å². The zero-order valence-electron chi connectivity index (χ0n) is 11.4. The van der Waals surface area contributed by atoms with Gasteiger partial charge in [0.15, 0.2) is 0 Å². The molecule has 3 N–H and O–H groups in total. The molecule has 2 rings (SSSR count). The topological polar surface area (TPSA) is 108 Å². The average molecular weight is 289 g/mol. The van der Waals surface area contributed by atoms with E-state index in [1.54, 1.807) is 19.2 Å². The molecule has 1 aromatic carbocycles. The number of hydrogen-bond acceptors (Lipinski definition) is 6. The molecule has 0 saturated heterocycles. The second-order valence-electron chi connectivity index (χ2n) is 4.08. The van der Waals surface area contributed by atoms with Crippen LogP contribution in [0.25, 0.3) is 11.1 Å². The van der Waals surface area contributed by atoms with Gasteiger partial charge < -0.3 is 20.3 Å². The van der Waals surface area contributed by atoms with Crippen molar-refractivity contribution in [3.8, 4) is 22.8 Å². The van der Waals surface area contributed by atoms with Gasteiger partial charge in [-0.15, -0.1) is 0 Å². The molecule has 0 bridgehead atoms. The lowest BCUT2D eigenvalue weighted by Gasteiger charge is -2.10. The van der Waals surface area contributed by atoms with Crippen molar-refractivity contribution in [1.82, 2.24) is 9.97 Å². The minimum Gasteiger partial charge on any atom is -0.497 e. The van der Waals surface area contributed by atoms with E-state index in [0.29, 0.717) is 11.3 Å². The van der Waals surface area contributed by atoms with Gasteiger partial charge in [-0.1, -0.05) is 12.1 Å². The molecule has 7 nitrogen and oxygen atoms in total. The van der Waals surface area contributed by atoms with Gasteiger partial charge in [0.2, 0.25) is 11.7 Å². The van der Waals surface area contributed by atoms with Crippen LogP contribution in [0.5, 0.6) is 11.6 Å². The zero-order chi connectivity index (χ0) is 15.2. The molecule has 2 aromatic rings. The predicted octanol–water partition coefficient (Wildman–Crippen LogP) is 0.622. The highest BCUT2D eigenvalue weighted by Gasteiger charge is 2.13. The highest BCUT2D eigenvalue weighted by molar-refractivity contribution is 5.89. The number of carbonyl (C=O) groups is 1. The van der Waals surface area contributed by atoms with Crippen molar-refractivity contribution >= 4 is 5.91 Å². The summed E-state index contributed by atoms with van der Waals surface area (Å²) >= 11 is 0. The van der Waals surface area contributed by atoms with Crippen molar-refractivity contribution in [3.05, 3.63) is 36.3 Å². The maximum atomic E-state index is 11.1. The fourth-order valence-corrected chi connectivity index (χ4v) is 1.71. The minimum atomic E-state index is -0.745. The molecule has 1 amide bonds. The quantitative estimate of drug-likeness (QED) is 0.807. The average Bonchev–Trinajstić information content (AvgIpc) is 2.52. The number of aromatic nitrogens is 2. The lowest BCUT2D eigenvalue weighted by Crippen LogP contribution is -2.16. The van der Waals surface area contributed by atoms with Gasteiger partial charge in [-0.2, -0.15) is 4.98 Å². The van der Waals surface area contributed by atoms with Gasteiger partial charge in [0.25, 0.3) is 5.91 Å². The molecule has 0 saturated carbocycles. The van der Waals surface area contributed by atoms with Gasteiger partial charge >= 0.3 is 0 Å². The van der Waals surface area contributed by atoms with Gasteiger partial charge in [-0.05, 0) is 17.7 Å². The van der Waals surface area contributed by atoms with E-state index in [1.165, 1.54) is 6.20 Å². The Hall–Kier alpha value is -2.67. The van der Waals surface area contributed by atoms with Crippen LogP contribution < -0.4 is 15.2 Å². The van der Waals surface area contributed by atoms with Crippen LogP contribution in [-0.4, -0.2) is 41.3 Å². The molecular formula is C14H15N3O4. The number of carbonyl (C=O) groups excluding carboxylic acids is 1. The highest BCUT2D eigenvalue weighted by atomic mass is 16.5.